The van der Waals surface area contributed by atoms with Crippen LogP contribution < -0.4 is 0 Å². The van der Waals surface area contributed by atoms with Gasteiger partial charge >= 0.3 is 5.97 Å². The van der Waals surface area contributed by atoms with E-state index < -0.39 is 5.97 Å². The van der Waals surface area contributed by atoms with Gasteiger partial charge in [-0.3, -0.25) is 0 Å². The number of allylic oxidation sites excluding steroid dienone is 1. The van der Waals surface area contributed by atoms with Crippen LogP contribution in [0, 0.1) is 0 Å². The van der Waals surface area contributed by atoms with E-state index >= 15 is 0 Å². The third-order valence-corrected chi connectivity index (χ3v) is 1.25. The summed E-state index contributed by atoms with van der Waals surface area (Å²) in [5, 5.41) is 8.07. The Morgan fingerprint density at radius 1 is 1.75 bits per heavy atom. The van der Waals surface area contributed by atoms with Gasteiger partial charge in [-0.2, -0.15) is 0 Å². The first-order valence-corrected chi connectivity index (χ1v) is 2.53. The van der Waals surface area contributed by atoms with Crippen molar-refractivity contribution in [3.05, 3.63) is 10.6 Å². The van der Waals surface area contributed by atoms with Crippen LogP contribution in [0.4, 0.5) is 0 Å². The molecule has 0 fully saturated rings. The molecule has 1 N–H and O–H groups in total. The molecule has 0 radical (unpaired) electrons. The highest BCUT2D eigenvalue weighted by molar-refractivity contribution is 9.12. The summed E-state index contributed by atoms with van der Waals surface area (Å²) in [5.41, 5.74) is 0. The minimum absolute atomic E-state index is 0. The maximum atomic E-state index is 9.82. The lowest BCUT2D eigenvalue weighted by Gasteiger charge is -1.81. The molecule has 0 spiro atoms. The van der Waals surface area contributed by atoms with Crippen molar-refractivity contribution < 1.29 is 9.90 Å². The molecular formula is C4H6BrClO2. The second-order valence-electron chi connectivity index (χ2n) is 0.942. The van der Waals surface area contributed by atoms with Gasteiger partial charge in [0.1, 0.15) is 0 Å². The summed E-state index contributed by atoms with van der Waals surface area (Å²) in [5.74, 6) is -0.928. The minimum atomic E-state index is -0.928. The molecule has 0 saturated carbocycles. The number of aliphatic carboxylic acids is 1. The number of carboxylic acids is 1. The molecule has 0 aromatic heterocycles. The Kier molecular flexibility index (Phi) is 6.96. The second kappa shape index (κ2) is 5.12. The maximum Gasteiger partial charge on any atom is 0.342 e. The van der Waals surface area contributed by atoms with E-state index in [-0.39, 0.29) is 16.9 Å². The van der Waals surface area contributed by atoms with Gasteiger partial charge in [0.15, 0.2) is 0 Å². The molecule has 0 aromatic rings. The van der Waals surface area contributed by atoms with Crippen LogP contribution in [-0.4, -0.2) is 11.1 Å². The van der Waals surface area contributed by atoms with E-state index in [4.69, 9.17) is 5.11 Å². The normalized spacial score (nSPS) is 10.0. The lowest BCUT2D eigenvalue weighted by atomic mass is 10.5. The maximum absolute atomic E-state index is 9.82. The van der Waals surface area contributed by atoms with Gasteiger partial charge < -0.3 is 5.11 Å². The van der Waals surface area contributed by atoms with Gasteiger partial charge in [0.25, 0.3) is 0 Å². The summed E-state index contributed by atoms with van der Waals surface area (Å²) in [7, 11) is 0. The summed E-state index contributed by atoms with van der Waals surface area (Å²) in [4.78, 5) is 9.82. The van der Waals surface area contributed by atoms with Gasteiger partial charge in [-0.05, 0) is 22.9 Å². The molecule has 0 aliphatic heterocycles. The zero-order valence-corrected chi connectivity index (χ0v) is 6.62. The van der Waals surface area contributed by atoms with E-state index in [1.807, 2.05) is 0 Å². The van der Waals surface area contributed by atoms with Crippen molar-refractivity contribution in [3.63, 3.8) is 0 Å². The molecule has 0 saturated heterocycles. The highest BCUT2D eigenvalue weighted by Gasteiger charge is 1.96. The van der Waals surface area contributed by atoms with Gasteiger partial charge in [0.2, 0.25) is 0 Å². The molecule has 0 amide bonds. The average Bonchev–Trinajstić information content (AvgIpc) is 1.65. The Hall–Kier alpha value is -0.0200. The monoisotopic (exact) mass is 200 g/mol. The van der Waals surface area contributed by atoms with Crippen molar-refractivity contribution in [1.29, 1.82) is 0 Å². The Bertz CT molecular complexity index is 111. The molecule has 0 aliphatic rings. The molecule has 0 unspecified atom stereocenters. The van der Waals surface area contributed by atoms with Crippen LogP contribution in [-0.2, 0) is 4.79 Å². The quantitative estimate of drug-likeness (QED) is 0.657. The van der Waals surface area contributed by atoms with Crippen LogP contribution in [0.3, 0.4) is 0 Å². The van der Waals surface area contributed by atoms with Crippen LogP contribution in [0.25, 0.3) is 0 Å². The predicted molar refractivity (Wildman–Crippen MR) is 37.6 cm³/mol. The molecule has 0 atom stereocenters. The SMILES string of the molecule is C/C=C(\Br)C(=O)O.Cl. The zero-order chi connectivity index (χ0) is 5.86. The van der Waals surface area contributed by atoms with Crippen LogP contribution in [0.15, 0.2) is 10.6 Å². The third kappa shape index (κ3) is 4.15. The summed E-state index contributed by atoms with van der Waals surface area (Å²) in [6, 6.07) is 0. The molecule has 0 aromatic carbocycles. The van der Waals surface area contributed by atoms with E-state index in [1.54, 1.807) is 6.92 Å². The lowest BCUT2D eigenvalue weighted by Crippen LogP contribution is -1.91. The Balaban J connectivity index is 0. The summed E-state index contributed by atoms with van der Waals surface area (Å²) < 4.78 is 0.201. The van der Waals surface area contributed by atoms with Crippen molar-refractivity contribution in [2.24, 2.45) is 0 Å². The number of hydrogen-bond donors (Lipinski definition) is 1. The summed E-state index contributed by atoms with van der Waals surface area (Å²) in [6.45, 7) is 1.65. The van der Waals surface area contributed by atoms with Crippen LogP contribution in [0.5, 0.6) is 0 Å². The molecule has 48 valence electrons. The summed E-state index contributed by atoms with van der Waals surface area (Å²) >= 11 is 2.80. The molecule has 4 heteroatoms. The summed E-state index contributed by atoms with van der Waals surface area (Å²) in [6.07, 6.45) is 1.47. The number of carbonyl (C=O) groups is 1. The lowest BCUT2D eigenvalue weighted by molar-refractivity contribution is -0.131. The van der Waals surface area contributed by atoms with Gasteiger partial charge in [-0.15, -0.1) is 12.4 Å². The van der Waals surface area contributed by atoms with Crippen LogP contribution in [0.2, 0.25) is 0 Å². The van der Waals surface area contributed by atoms with Crippen molar-refractivity contribution in [3.8, 4) is 0 Å². The topological polar surface area (TPSA) is 37.3 Å². The first-order valence-electron chi connectivity index (χ1n) is 1.73. The molecule has 0 bridgehead atoms. The van der Waals surface area contributed by atoms with Gasteiger partial charge in [0, 0.05) is 0 Å². The van der Waals surface area contributed by atoms with Crippen molar-refractivity contribution in [2.75, 3.05) is 0 Å². The van der Waals surface area contributed by atoms with E-state index in [0.717, 1.165) is 0 Å². The fourth-order valence-corrected chi connectivity index (χ4v) is 0.123. The molecule has 0 aliphatic carbocycles. The predicted octanol–water partition coefficient (Wildman–Crippen LogP) is 1.79. The smallest absolute Gasteiger partial charge is 0.342 e. The second-order valence-corrected chi connectivity index (χ2v) is 1.80. The van der Waals surface area contributed by atoms with E-state index in [0.29, 0.717) is 0 Å². The van der Waals surface area contributed by atoms with Gasteiger partial charge in [-0.25, -0.2) is 4.79 Å². The number of halogens is 2. The fraction of sp³-hybridized carbons (Fsp3) is 0.250. The van der Waals surface area contributed by atoms with E-state index in [1.165, 1.54) is 6.08 Å². The minimum Gasteiger partial charge on any atom is -0.477 e. The van der Waals surface area contributed by atoms with Gasteiger partial charge in [0.05, 0.1) is 4.48 Å². The van der Waals surface area contributed by atoms with E-state index in [9.17, 15) is 4.79 Å². The van der Waals surface area contributed by atoms with Crippen LogP contribution >= 0.6 is 28.3 Å². The molecule has 8 heavy (non-hydrogen) atoms. The van der Waals surface area contributed by atoms with Gasteiger partial charge in [-0.1, -0.05) is 6.08 Å². The standard InChI is InChI=1S/C4H5BrO2.ClH/c1-2-3(5)4(6)7;/h2H,1H3,(H,6,7);1H/b3-2-;. The first-order chi connectivity index (χ1) is 3.18. The number of hydrogen-bond acceptors (Lipinski definition) is 1. The van der Waals surface area contributed by atoms with E-state index in [2.05, 4.69) is 15.9 Å². The number of carboxylic acid groups (broad SMARTS) is 1. The average molecular weight is 201 g/mol. The third-order valence-electron chi connectivity index (χ3n) is 0.458. The van der Waals surface area contributed by atoms with Crippen LogP contribution in [0.1, 0.15) is 6.92 Å². The van der Waals surface area contributed by atoms with Crippen molar-refractivity contribution in [1.82, 2.24) is 0 Å². The zero-order valence-electron chi connectivity index (χ0n) is 4.22. The van der Waals surface area contributed by atoms with Crippen molar-refractivity contribution in [2.45, 2.75) is 6.92 Å². The first kappa shape index (κ1) is 10.9. The highest BCUT2D eigenvalue weighted by Crippen LogP contribution is 2.01. The molecule has 2 nitrogen and oxygen atoms in total. The Morgan fingerprint density at radius 2 is 2.12 bits per heavy atom. The molecule has 0 heterocycles. The molecular weight excluding hydrogens is 195 g/mol. The molecule has 0 rings (SSSR count). The highest BCUT2D eigenvalue weighted by atomic mass is 79.9. The fourth-order valence-electron chi connectivity index (χ4n) is 0.123. The largest absolute Gasteiger partial charge is 0.477 e. The Morgan fingerprint density at radius 3 is 2.12 bits per heavy atom. The number of rotatable bonds is 1. The Labute approximate surface area is 62.1 Å². The van der Waals surface area contributed by atoms with Crippen molar-refractivity contribution >= 4 is 34.3 Å².